The number of nitrogens with two attached hydrogens (primary N) is 1. The number of nitrogens with zero attached hydrogens (tertiary/aromatic N) is 6. The fourth-order valence-corrected chi connectivity index (χ4v) is 6.13. The molecule has 3 aromatic heterocycles. The number of pyridine rings is 1. The molecule has 1 radical (unpaired) electrons. The van der Waals surface area contributed by atoms with Gasteiger partial charge in [0.05, 0.1) is 0 Å². The first-order valence-corrected chi connectivity index (χ1v) is 13.2. The molecule has 38 heavy (non-hydrogen) atoms. The fraction of sp³-hybridized carbons (Fsp3) is 0.333. The van der Waals surface area contributed by atoms with E-state index in [0.29, 0.717) is 11.7 Å². The zero-order valence-corrected chi connectivity index (χ0v) is 24.5. The van der Waals surface area contributed by atoms with Gasteiger partial charge in [-0.25, -0.2) is 14.5 Å². The molecular formula is C30H30N7Y-. The number of aryl methyl sites for hydroxylation is 1. The minimum atomic E-state index is 0. The second kappa shape index (κ2) is 10.4. The van der Waals surface area contributed by atoms with E-state index < -0.39 is 0 Å². The number of nitrogen functional groups attached to an aromatic ring is 1. The average Bonchev–Trinajstić information content (AvgIpc) is 3.55. The van der Waals surface area contributed by atoms with Gasteiger partial charge in [-0.2, -0.15) is 5.10 Å². The maximum atomic E-state index is 6.43. The van der Waals surface area contributed by atoms with E-state index in [9.17, 15) is 0 Å². The summed E-state index contributed by atoms with van der Waals surface area (Å²) in [6, 6.07) is 19.8. The van der Waals surface area contributed by atoms with Crippen molar-refractivity contribution in [3.8, 4) is 22.5 Å². The van der Waals surface area contributed by atoms with E-state index in [1.54, 1.807) is 0 Å². The van der Waals surface area contributed by atoms with E-state index in [1.165, 1.54) is 38.8 Å². The zero-order chi connectivity index (χ0) is 24.9. The number of fused-ring (bicyclic) bond motifs is 2. The molecule has 5 aromatic rings. The van der Waals surface area contributed by atoms with E-state index in [1.807, 2.05) is 28.8 Å². The van der Waals surface area contributed by atoms with Crippen molar-refractivity contribution in [1.29, 1.82) is 0 Å². The molecular weight excluding hydrogens is 547 g/mol. The van der Waals surface area contributed by atoms with Crippen molar-refractivity contribution >= 4 is 22.2 Å². The number of likely N-dealkylation sites (tertiary alicyclic amines) is 1. The van der Waals surface area contributed by atoms with E-state index in [2.05, 4.69) is 52.2 Å². The van der Waals surface area contributed by atoms with Gasteiger partial charge >= 0.3 is 0 Å². The van der Waals surface area contributed by atoms with Gasteiger partial charge in [-0.15, -0.1) is 23.6 Å². The number of benzene rings is 2. The molecule has 1 saturated heterocycles. The SMILES string of the molecule is Cc1c(-c2nc(C3CC(CN4CCCC4)C3)n3ncnc(N)c23)ccc2[c-]cc(-c3ccccc3)nc12.[Y]. The minimum absolute atomic E-state index is 0. The summed E-state index contributed by atoms with van der Waals surface area (Å²) in [6.07, 6.45) is 6.50. The Hall–Kier alpha value is -2.74. The van der Waals surface area contributed by atoms with Crippen molar-refractivity contribution in [2.24, 2.45) is 5.92 Å². The Kier molecular flexibility index (Phi) is 7.02. The molecule has 7 rings (SSSR count). The Balaban J connectivity index is 0.00000264. The molecule has 2 aliphatic rings. The number of hydrogen-bond acceptors (Lipinski definition) is 6. The van der Waals surface area contributed by atoms with Crippen LogP contribution in [0.1, 0.15) is 43.0 Å². The number of imidazole rings is 1. The third-order valence-electron chi connectivity index (χ3n) is 8.15. The topological polar surface area (TPSA) is 85.2 Å². The summed E-state index contributed by atoms with van der Waals surface area (Å²) in [4.78, 5) is 17.1. The van der Waals surface area contributed by atoms with Crippen LogP contribution in [-0.2, 0) is 32.7 Å². The van der Waals surface area contributed by atoms with Crippen molar-refractivity contribution in [3.05, 3.63) is 72.3 Å². The summed E-state index contributed by atoms with van der Waals surface area (Å²) in [5.74, 6) is 2.57. The Morgan fingerprint density at radius 2 is 1.82 bits per heavy atom. The van der Waals surface area contributed by atoms with Gasteiger partial charge in [-0.3, -0.25) is 0 Å². The van der Waals surface area contributed by atoms with Crippen molar-refractivity contribution < 1.29 is 32.7 Å². The largest absolute Gasteiger partial charge is 0.382 e. The van der Waals surface area contributed by atoms with Crippen LogP contribution in [-0.4, -0.2) is 49.1 Å². The maximum absolute atomic E-state index is 6.43. The van der Waals surface area contributed by atoms with Crippen molar-refractivity contribution in [3.63, 3.8) is 0 Å². The zero-order valence-electron chi connectivity index (χ0n) is 21.6. The second-order valence-corrected chi connectivity index (χ2v) is 10.6. The van der Waals surface area contributed by atoms with Crippen molar-refractivity contribution in [1.82, 2.24) is 29.5 Å². The van der Waals surface area contributed by atoms with E-state index in [4.69, 9.17) is 15.7 Å². The number of anilines is 1. The van der Waals surface area contributed by atoms with Crippen molar-refractivity contribution in [2.45, 2.75) is 38.5 Å². The molecule has 2 fully saturated rings. The molecule has 4 heterocycles. The summed E-state index contributed by atoms with van der Waals surface area (Å²) >= 11 is 0. The Bertz CT molecular complexity index is 1600. The third-order valence-corrected chi connectivity index (χ3v) is 8.15. The summed E-state index contributed by atoms with van der Waals surface area (Å²) in [7, 11) is 0. The average molecular weight is 578 g/mol. The molecule has 0 unspecified atom stereocenters. The minimum Gasteiger partial charge on any atom is -0.382 e. The summed E-state index contributed by atoms with van der Waals surface area (Å²) in [5.41, 5.74) is 13.0. The predicted octanol–water partition coefficient (Wildman–Crippen LogP) is 5.28. The fourth-order valence-electron chi connectivity index (χ4n) is 6.13. The standard InChI is InChI=1S/C30H30N7.Y/c1-19-24(11-9-22-10-12-25(34-26(19)22)21-7-3-2-4-8-21)27-28-29(31)32-18-33-37(28)30(35-27)23-15-20(16-23)17-36-13-5-6-14-36;/h2-4,7-9,11-12,18,20,23H,5-6,13-17H2,1H3,(H2,31,32,33);/q-1;. The van der Waals surface area contributed by atoms with Crippen LogP contribution in [0.5, 0.6) is 0 Å². The van der Waals surface area contributed by atoms with Gasteiger partial charge in [0.1, 0.15) is 23.4 Å². The van der Waals surface area contributed by atoms with Gasteiger partial charge in [0, 0.05) is 45.2 Å². The molecule has 2 N–H and O–H groups in total. The molecule has 1 saturated carbocycles. The number of hydrogen-bond donors (Lipinski definition) is 1. The molecule has 189 valence electrons. The molecule has 0 spiro atoms. The monoisotopic (exact) mass is 577 g/mol. The van der Waals surface area contributed by atoms with E-state index >= 15 is 0 Å². The van der Waals surface area contributed by atoms with Gasteiger partial charge in [-0.05, 0) is 74.0 Å². The first-order valence-electron chi connectivity index (χ1n) is 13.2. The Morgan fingerprint density at radius 1 is 1.03 bits per heavy atom. The van der Waals surface area contributed by atoms with Crippen LogP contribution in [0, 0.1) is 18.9 Å². The van der Waals surface area contributed by atoms with Crippen LogP contribution in [0.4, 0.5) is 5.82 Å². The number of rotatable bonds is 5. The van der Waals surface area contributed by atoms with Crippen molar-refractivity contribution in [2.75, 3.05) is 25.4 Å². The van der Waals surface area contributed by atoms with E-state index in [0.717, 1.165) is 69.1 Å². The first-order chi connectivity index (χ1) is 18.2. The van der Waals surface area contributed by atoms with Gasteiger partial charge in [0.2, 0.25) is 0 Å². The summed E-state index contributed by atoms with van der Waals surface area (Å²) < 4.78 is 1.93. The van der Waals surface area contributed by atoms with Crippen LogP contribution in [0.15, 0.2) is 54.9 Å². The Morgan fingerprint density at radius 3 is 2.61 bits per heavy atom. The van der Waals surface area contributed by atoms with Crippen LogP contribution in [0.25, 0.3) is 38.9 Å². The maximum Gasteiger partial charge on any atom is 0.153 e. The summed E-state index contributed by atoms with van der Waals surface area (Å²) in [5, 5.41) is 5.58. The smallest absolute Gasteiger partial charge is 0.153 e. The molecule has 7 nitrogen and oxygen atoms in total. The predicted molar refractivity (Wildman–Crippen MR) is 146 cm³/mol. The second-order valence-electron chi connectivity index (χ2n) is 10.6. The van der Waals surface area contributed by atoms with Crippen LogP contribution in [0.3, 0.4) is 0 Å². The van der Waals surface area contributed by atoms with Crippen LogP contribution in [0.2, 0.25) is 0 Å². The third kappa shape index (κ3) is 4.44. The molecule has 2 aromatic carbocycles. The molecule has 0 atom stereocenters. The quantitative estimate of drug-likeness (QED) is 0.286. The van der Waals surface area contributed by atoms with Gasteiger partial charge in [0.25, 0.3) is 0 Å². The van der Waals surface area contributed by atoms with Crippen LogP contribution < -0.4 is 5.73 Å². The summed E-state index contributed by atoms with van der Waals surface area (Å²) in [6.45, 7) is 5.81. The molecule has 0 amide bonds. The van der Waals surface area contributed by atoms with Gasteiger partial charge in [0.15, 0.2) is 5.82 Å². The Labute approximate surface area is 247 Å². The number of aromatic nitrogens is 5. The molecule has 1 aliphatic heterocycles. The molecule has 8 heteroatoms. The van der Waals surface area contributed by atoms with Crippen LogP contribution >= 0.6 is 0 Å². The molecule has 1 aliphatic carbocycles. The molecule has 0 bridgehead atoms. The van der Waals surface area contributed by atoms with E-state index in [-0.39, 0.29) is 32.7 Å². The van der Waals surface area contributed by atoms with Gasteiger partial charge in [-0.1, -0.05) is 42.0 Å². The normalized spacial score (nSPS) is 19.5. The first kappa shape index (κ1) is 25.5. The van der Waals surface area contributed by atoms with Gasteiger partial charge < -0.3 is 15.6 Å².